The topological polar surface area (TPSA) is 128 Å². The first-order valence-electron chi connectivity index (χ1n) is 13.6. The molecule has 2 aliphatic rings. The van der Waals surface area contributed by atoms with Crippen molar-refractivity contribution < 1.29 is 43.7 Å². The van der Waals surface area contributed by atoms with Gasteiger partial charge in [-0.05, 0) is 67.7 Å². The van der Waals surface area contributed by atoms with Gasteiger partial charge in [0.1, 0.15) is 36.6 Å². The van der Waals surface area contributed by atoms with Crippen molar-refractivity contribution in [3.05, 3.63) is 0 Å². The fourth-order valence-electron chi connectivity index (χ4n) is 4.31. The predicted molar refractivity (Wildman–Crippen MR) is 144 cm³/mol. The highest BCUT2D eigenvalue weighted by Crippen LogP contribution is 2.34. The van der Waals surface area contributed by atoms with Crippen molar-refractivity contribution >= 4 is 6.21 Å². The molecule has 0 aromatic carbocycles. The minimum atomic E-state index is -1.22. The van der Waals surface area contributed by atoms with Crippen LogP contribution in [-0.4, -0.2) is 107 Å². The molecule has 0 aliphatic carbocycles. The van der Waals surface area contributed by atoms with Crippen molar-refractivity contribution in [2.24, 2.45) is 10.4 Å². The Kier molecular flexibility index (Phi) is 11.0. The summed E-state index contributed by atoms with van der Waals surface area (Å²) in [5.41, 5.74) is -1.96. The van der Waals surface area contributed by atoms with E-state index in [9.17, 15) is 15.3 Å². The van der Waals surface area contributed by atoms with E-state index in [1.54, 1.807) is 6.21 Å². The van der Waals surface area contributed by atoms with Gasteiger partial charge in [-0.15, -0.1) is 0 Å². The van der Waals surface area contributed by atoms with Gasteiger partial charge in [-0.25, -0.2) is 0 Å². The highest BCUT2D eigenvalue weighted by Gasteiger charge is 2.49. The summed E-state index contributed by atoms with van der Waals surface area (Å²) in [6.45, 7) is 22.9. The van der Waals surface area contributed by atoms with Gasteiger partial charge >= 0.3 is 0 Å². The zero-order valence-electron chi connectivity index (χ0n) is 25.4. The average molecular weight is 548 g/mol. The number of rotatable bonds is 7. The van der Waals surface area contributed by atoms with Gasteiger partial charge < -0.3 is 43.7 Å². The SMILES string of the molecule is CC(C)(C)OCC1OC(C(C)(C)C)C(C=NC2C(OC(C)(C)C)OC(CO)C(OC(C)(C)C)C2O)OC1O. The van der Waals surface area contributed by atoms with Gasteiger partial charge in [-0.1, -0.05) is 20.8 Å². The molecule has 2 rings (SSSR count). The summed E-state index contributed by atoms with van der Waals surface area (Å²) in [5.74, 6) is 0. The monoisotopic (exact) mass is 547 g/mol. The predicted octanol–water partition coefficient (Wildman–Crippen LogP) is 2.83. The Morgan fingerprint density at radius 1 is 0.763 bits per heavy atom. The molecule has 0 radical (unpaired) electrons. The van der Waals surface area contributed by atoms with Crippen molar-refractivity contribution in [1.29, 1.82) is 0 Å². The van der Waals surface area contributed by atoms with Crippen LogP contribution in [0.25, 0.3) is 0 Å². The molecule has 38 heavy (non-hydrogen) atoms. The lowest BCUT2D eigenvalue weighted by molar-refractivity contribution is -0.305. The van der Waals surface area contributed by atoms with Gasteiger partial charge in [-0.2, -0.15) is 0 Å². The van der Waals surface area contributed by atoms with E-state index in [0.29, 0.717) is 0 Å². The third-order valence-corrected chi connectivity index (χ3v) is 5.95. The highest BCUT2D eigenvalue weighted by molar-refractivity contribution is 5.65. The second-order valence-electron chi connectivity index (χ2n) is 14.3. The van der Waals surface area contributed by atoms with E-state index in [2.05, 4.69) is 4.99 Å². The van der Waals surface area contributed by atoms with Gasteiger partial charge in [0.05, 0.1) is 36.1 Å². The van der Waals surface area contributed by atoms with Crippen LogP contribution in [0.15, 0.2) is 4.99 Å². The fourth-order valence-corrected chi connectivity index (χ4v) is 4.31. The molecule has 0 saturated carbocycles. The number of hydrogen-bond donors (Lipinski definition) is 3. The van der Waals surface area contributed by atoms with E-state index >= 15 is 0 Å². The van der Waals surface area contributed by atoms with Crippen molar-refractivity contribution in [2.75, 3.05) is 13.2 Å². The third-order valence-electron chi connectivity index (χ3n) is 5.95. The molecule has 9 unspecified atom stereocenters. The molecular weight excluding hydrogens is 494 g/mol. The minimum absolute atomic E-state index is 0.173. The number of aliphatic hydroxyl groups excluding tert-OH is 3. The van der Waals surface area contributed by atoms with E-state index in [4.69, 9.17) is 28.4 Å². The summed E-state index contributed by atoms with van der Waals surface area (Å²) in [7, 11) is 0. The molecule has 10 nitrogen and oxygen atoms in total. The van der Waals surface area contributed by atoms with Gasteiger partial charge in [0.25, 0.3) is 0 Å². The Balaban J connectivity index is 2.34. The lowest BCUT2D eigenvalue weighted by Gasteiger charge is -2.46. The van der Waals surface area contributed by atoms with E-state index in [1.807, 2.05) is 83.1 Å². The molecule has 2 saturated heterocycles. The molecule has 224 valence electrons. The second-order valence-corrected chi connectivity index (χ2v) is 14.3. The maximum atomic E-state index is 11.4. The first kappa shape index (κ1) is 33.5. The minimum Gasteiger partial charge on any atom is -0.394 e. The standard InChI is InChI=1S/C28H53NO9/c1-25(2,3)22-16(35-23(32)18(34-22)15-33-26(4,5)6)13-29-19-20(31)21(37-27(7,8)9)17(14-30)36-24(19)38-28(10,11)12/h13,16-24,30-32H,14-15H2,1-12H3. The van der Waals surface area contributed by atoms with Crippen LogP contribution >= 0.6 is 0 Å². The number of aliphatic hydroxyl groups is 3. The molecular formula is C28H53NO9. The summed E-state index contributed by atoms with van der Waals surface area (Å²) in [6, 6.07) is -0.882. The van der Waals surface area contributed by atoms with Crippen LogP contribution in [-0.2, 0) is 28.4 Å². The maximum absolute atomic E-state index is 11.4. The van der Waals surface area contributed by atoms with Crippen LogP contribution in [0.5, 0.6) is 0 Å². The normalized spacial score (nSPS) is 36.1. The van der Waals surface area contributed by atoms with Crippen LogP contribution in [0, 0.1) is 5.41 Å². The van der Waals surface area contributed by atoms with Crippen molar-refractivity contribution in [1.82, 2.24) is 0 Å². The molecule has 2 heterocycles. The zero-order chi connectivity index (χ0) is 29.3. The van der Waals surface area contributed by atoms with Crippen LogP contribution in [0.1, 0.15) is 83.1 Å². The molecule has 0 aromatic rings. The summed E-state index contributed by atoms with van der Waals surface area (Å²) in [6.07, 6.45) is -5.25. The van der Waals surface area contributed by atoms with Gasteiger partial charge in [0, 0.05) is 6.21 Å². The summed E-state index contributed by atoms with van der Waals surface area (Å²) in [4.78, 5) is 4.68. The molecule has 10 heteroatoms. The molecule has 3 N–H and O–H groups in total. The quantitative estimate of drug-likeness (QED) is 0.412. The second kappa shape index (κ2) is 12.4. The van der Waals surface area contributed by atoms with Crippen LogP contribution in [0.2, 0.25) is 0 Å². The van der Waals surface area contributed by atoms with Crippen LogP contribution < -0.4 is 0 Å². The Morgan fingerprint density at radius 3 is 1.82 bits per heavy atom. The molecule has 2 aliphatic heterocycles. The largest absolute Gasteiger partial charge is 0.394 e. The maximum Gasteiger partial charge on any atom is 0.184 e. The van der Waals surface area contributed by atoms with E-state index in [-0.39, 0.29) is 18.6 Å². The highest BCUT2D eigenvalue weighted by atomic mass is 16.7. The van der Waals surface area contributed by atoms with Crippen molar-refractivity contribution in [2.45, 2.75) is 155 Å². The van der Waals surface area contributed by atoms with E-state index < -0.39 is 72.0 Å². The number of hydrogen-bond acceptors (Lipinski definition) is 10. The van der Waals surface area contributed by atoms with Crippen LogP contribution in [0.4, 0.5) is 0 Å². The van der Waals surface area contributed by atoms with E-state index in [1.165, 1.54) is 0 Å². The Labute approximate surface area is 229 Å². The fraction of sp³-hybridized carbons (Fsp3) is 0.964. The average Bonchev–Trinajstić information content (AvgIpc) is 2.71. The van der Waals surface area contributed by atoms with Crippen molar-refractivity contribution in [3.8, 4) is 0 Å². The molecule has 2 fully saturated rings. The Bertz CT molecular complexity index is 762. The van der Waals surface area contributed by atoms with E-state index in [0.717, 1.165) is 0 Å². The van der Waals surface area contributed by atoms with Gasteiger partial charge in [0.2, 0.25) is 0 Å². The molecule has 9 atom stereocenters. The summed E-state index contributed by atoms with van der Waals surface area (Å²) < 4.78 is 36.4. The van der Waals surface area contributed by atoms with Gasteiger partial charge in [0.15, 0.2) is 12.6 Å². The number of nitrogens with zero attached hydrogens (tertiary/aromatic N) is 1. The van der Waals surface area contributed by atoms with Crippen LogP contribution in [0.3, 0.4) is 0 Å². The summed E-state index contributed by atoms with van der Waals surface area (Å²) in [5, 5.41) is 32.1. The lowest BCUT2D eigenvalue weighted by Crippen LogP contribution is -2.62. The molecule has 0 bridgehead atoms. The Morgan fingerprint density at radius 2 is 1.34 bits per heavy atom. The zero-order valence-corrected chi connectivity index (χ0v) is 25.4. The molecule has 0 aromatic heterocycles. The van der Waals surface area contributed by atoms with Crippen molar-refractivity contribution in [3.63, 3.8) is 0 Å². The smallest absolute Gasteiger partial charge is 0.184 e. The number of aliphatic imine (C=N–C) groups is 1. The molecule has 0 spiro atoms. The first-order chi connectivity index (χ1) is 17.1. The number of ether oxygens (including phenoxy) is 6. The lowest BCUT2D eigenvalue weighted by atomic mass is 9.85. The van der Waals surface area contributed by atoms with Gasteiger partial charge in [-0.3, -0.25) is 4.99 Å². The first-order valence-corrected chi connectivity index (χ1v) is 13.6. The Hall–Kier alpha value is -0.690. The third kappa shape index (κ3) is 10.1. The molecule has 0 amide bonds. The summed E-state index contributed by atoms with van der Waals surface area (Å²) >= 11 is 0.